The molecule has 1 unspecified atom stereocenters. The molecule has 3 N–H and O–H groups in total. The number of ether oxygens (including phenoxy) is 1. The summed E-state index contributed by atoms with van der Waals surface area (Å²) in [5.41, 5.74) is 0.854. The van der Waals surface area contributed by atoms with Gasteiger partial charge in [0.2, 0.25) is 10.0 Å². The van der Waals surface area contributed by atoms with Crippen LogP contribution >= 0.6 is 15.9 Å². The Morgan fingerprint density at radius 1 is 1.48 bits per heavy atom. The van der Waals surface area contributed by atoms with Gasteiger partial charge in [-0.25, -0.2) is 13.6 Å². The zero-order valence-electron chi connectivity index (χ0n) is 12.1. The molecule has 0 aliphatic rings. The lowest BCUT2D eigenvalue weighted by Gasteiger charge is -2.15. The van der Waals surface area contributed by atoms with Gasteiger partial charge in [-0.15, -0.1) is 0 Å². The predicted molar refractivity (Wildman–Crippen MR) is 83.7 cm³/mol. The maximum atomic E-state index is 12.1. The van der Waals surface area contributed by atoms with Crippen molar-refractivity contribution in [2.24, 2.45) is 5.14 Å². The first-order valence-electron chi connectivity index (χ1n) is 6.38. The van der Waals surface area contributed by atoms with Crippen LogP contribution in [0.1, 0.15) is 29.8 Å². The summed E-state index contributed by atoms with van der Waals surface area (Å²) in [6.45, 7) is 6.32. The van der Waals surface area contributed by atoms with Gasteiger partial charge in [-0.1, -0.05) is 0 Å². The average molecular weight is 379 g/mol. The van der Waals surface area contributed by atoms with Crippen LogP contribution in [0.2, 0.25) is 0 Å². The van der Waals surface area contributed by atoms with E-state index in [4.69, 9.17) is 9.88 Å². The normalized spacial score (nSPS) is 13.0. The first kappa shape index (κ1) is 18.1. The fourth-order valence-electron chi connectivity index (χ4n) is 1.72. The summed E-state index contributed by atoms with van der Waals surface area (Å²) in [7, 11) is -3.91. The monoisotopic (exact) mass is 378 g/mol. The number of nitrogens with two attached hydrogens (primary N) is 1. The minimum Gasteiger partial charge on any atom is -0.380 e. The molecule has 0 spiro atoms. The number of amides is 1. The van der Waals surface area contributed by atoms with Gasteiger partial charge in [0.1, 0.15) is 0 Å². The van der Waals surface area contributed by atoms with E-state index in [0.717, 1.165) is 0 Å². The van der Waals surface area contributed by atoms with E-state index in [9.17, 15) is 13.2 Å². The third-order valence-corrected chi connectivity index (χ3v) is 4.99. The van der Waals surface area contributed by atoms with Crippen molar-refractivity contribution in [3.05, 3.63) is 27.7 Å². The largest absolute Gasteiger partial charge is 0.380 e. The van der Waals surface area contributed by atoms with Crippen LogP contribution in [0.3, 0.4) is 0 Å². The number of nitrogens with one attached hydrogen (secondary N) is 1. The Kier molecular flexibility index (Phi) is 6.33. The second kappa shape index (κ2) is 7.35. The van der Waals surface area contributed by atoms with Crippen LogP contribution in [0, 0.1) is 6.92 Å². The molecule has 8 heteroatoms. The highest BCUT2D eigenvalue weighted by molar-refractivity contribution is 9.10. The maximum Gasteiger partial charge on any atom is 0.251 e. The molecule has 0 heterocycles. The smallest absolute Gasteiger partial charge is 0.251 e. The molecular formula is C13H19BrN2O4S. The summed E-state index contributed by atoms with van der Waals surface area (Å²) in [5.74, 6) is -0.372. The number of carbonyl (C=O) groups is 1. The fourth-order valence-corrected chi connectivity index (χ4v) is 3.33. The number of primary sulfonamides is 1. The number of aryl methyl sites for hydroxylation is 1. The van der Waals surface area contributed by atoms with Crippen molar-refractivity contribution in [1.82, 2.24) is 5.32 Å². The molecule has 0 radical (unpaired) electrons. The molecule has 1 atom stereocenters. The van der Waals surface area contributed by atoms with E-state index in [1.54, 1.807) is 19.9 Å². The number of rotatable bonds is 6. The molecule has 1 aromatic rings. The highest BCUT2D eigenvalue weighted by Crippen LogP contribution is 2.26. The van der Waals surface area contributed by atoms with E-state index in [2.05, 4.69) is 21.2 Å². The molecule has 1 rings (SSSR count). The molecule has 6 nitrogen and oxygen atoms in total. The Morgan fingerprint density at radius 3 is 2.62 bits per heavy atom. The highest BCUT2D eigenvalue weighted by atomic mass is 79.9. The Labute approximate surface area is 133 Å². The van der Waals surface area contributed by atoms with E-state index in [-0.39, 0.29) is 22.4 Å². The fraction of sp³-hybridized carbons (Fsp3) is 0.462. The van der Waals surface area contributed by atoms with E-state index >= 15 is 0 Å². The third kappa shape index (κ3) is 5.06. The first-order chi connectivity index (χ1) is 9.66. The van der Waals surface area contributed by atoms with Gasteiger partial charge in [0.25, 0.3) is 5.91 Å². The Morgan fingerprint density at radius 2 is 2.10 bits per heavy atom. The summed E-state index contributed by atoms with van der Waals surface area (Å²) >= 11 is 3.17. The molecule has 0 saturated heterocycles. The second-order valence-electron chi connectivity index (χ2n) is 4.68. The Bertz CT molecular complexity index is 631. The number of halogens is 1. The van der Waals surface area contributed by atoms with Crippen molar-refractivity contribution >= 4 is 31.9 Å². The van der Waals surface area contributed by atoms with Crippen LogP contribution in [0.25, 0.3) is 0 Å². The molecule has 0 aromatic heterocycles. The molecule has 1 aromatic carbocycles. The molecule has 0 aliphatic heterocycles. The van der Waals surface area contributed by atoms with Crippen molar-refractivity contribution < 1.29 is 17.9 Å². The minimum atomic E-state index is -3.91. The minimum absolute atomic E-state index is 0.106. The number of sulfonamides is 1. The van der Waals surface area contributed by atoms with E-state index in [0.29, 0.717) is 23.2 Å². The van der Waals surface area contributed by atoms with Gasteiger partial charge in [0.05, 0.1) is 11.5 Å². The van der Waals surface area contributed by atoms with Gasteiger partial charge in [-0.2, -0.15) is 0 Å². The molecule has 0 fully saturated rings. The zero-order chi connectivity index (χ0) is 16.2. The first-order valence-corrected chi connectivity index (χ1v) is 8.72. The SMILES string of the molecule is CCOCC(C)NC(=O)c1cc(C)c(Br)c(S(N)(=O)=O)c1. The lowest BCUT2D eigenvalue weighted by Crippen LogP contribution is -2.36. The maximum absolute atomic E-state index is 12.1. The van der Waals surface area contributed by atoms with Crippen LogP contribution in [0.4, 0.5) is 0 Å². The topological polar surface area (TPSA) is 98.5 Å². The Hall–Kier alpha value is -0.960. The van der Waals surface area contributed by atoms with E-state index < -0.39 is 10.0 Å². The molecule has 0 bridgehead atoms. The van der Waals surface area contributed by atoms with Gasteiger partial charge < -0.3 is 10.1 Å². The van der Waals surface area contributed by atoms with Crippen molar-refractivity contribution in [1.29, 1.82) is 0 Å². The van der Waals surface area contributed by atoms with Gasteiger partial charge >= 0.3 is 0 Å². The van der Waals surface area contributed by atoms with Gasteiger partial charge in [0.15, 0.2) is 0 Å². The second-order valence-corrected chi connectivity index (χ2v) is 7.01. The number of hydrogen-bond donors (Lipinski definition) is 2. The van der Waals surface area contributed by atoms with Crippen molar-refractivity contribution in [2.75, 3.05) is 13.2 Å². The predicted octanol–water partition coefficient (Wildman–Crippen LogP) is 1.56. The lowest BCUT2D eigenvalue weighted by molar-refractivity contribution is 0.0871. The summed E-state index contributed by atoms with van der Waals surface area (Å²) < 4.78 is 28.7. The van der Waals surface area contributed by atoms with Crippen LogP contribution < -0.4 is 10.5 Å². The van der Waals surface area contributed by atoms with Crippen molar-refractivity contribution in [3.63, 3.8) is 0 Å². The zero-order valence-corrected chi connectivity index (χ0v) is 14.5. The van der Waals surface area contributed by atoms with Gasteiger partial charge in [-0.05, 0) is 54.4 Å². The highest BCUT2D eigenvalue weighted by Gasteiger charge is 2.19. The lowest BCUT2D eigenvalue weighted by atomic mass is 10.1. The van der Waals surface area contributed by atoms with E-state index in [1.165, 1.54) is 6.07 Å². The van der Waals surface area contributed by atoms with Gasteiger partial charge in [-0.3, -0.25) is 4.79 Å². The third-order valence-electron chi connectivity index (χ3n) is 2.74. The standard InChI is InChI=1S/C13H19BrN2O4S/c1-4-20-7-9(3)16-13(17)10-5-8(2)12(14)11(6-10)21(15,18)19/h5-6,9H,4,7H2,1-3H3,(H,16,17)(H2,15,18,19). The quantitative estimate of drug-likeness (QED) is 0.784. The number of benzene rings is 1. The van der Waals surface area contributed by atoms with Crippen molar-refractivity contribution in [2.45, 2.75) is 31.7 Å². The molecule has 0 saturated carbocycles. The summed E-state index contributed by atoms with van der Waals surface area (Å²) in [4.78, 5) is 12.0. The number of hydrogen-bond acceptors (Lipinski definition) is 4. The molecule has 1 amide bonds. The Balaban J connectivity index is 3.04. The van der Waals surface area contributed by atoms with E-state index in [1.807, 2.05) is 6.92 Å². The number of carbonyl (C=O) groups excluding carboxylic acids is 1. The summed E-state index contributed by atoms with van der Waals surface area (Å²) in [6.07, 6.45) is 0. The van der Waals surface area contributed by atoms with Crippen LogP contribution in [-0.4, -0.2) is 33.6 Å². The summed E-state index contributed by atoms with van der Waals surface area (Å²) in [6, 6.07) is 2.68. The van der Waals surface area contributed by atoms with Crippen molar-refractivity contribution in [3.8, 4) is 0 Å². The molecule has 118 valence electrons. The molecular weight excluding hydrogens is 360 g/mol. The van der Waals surface area contributed by atoms with Crippen LogP contribution in [0.5, 0.6) is 0 Å². The average Bonchev–Trinajstić information content (AvgIpc) is 2.37. The van der Waals surface area contributed by atoms with Gasteiger partial charge in [0, 0.05) is 22.7 Å². The molecule has 21 heavy (non-hydrogen) atoms. The summed E-state index contributed by atoms with van der Waals surface area (Å²) in [5, 5.41) is 7.89. The van der Waals surface area contributed by atoms with Crippen LogP contribution in [-0.2, 0) is 14.8 Å². The van der Waals surface area contributed by atoms with Crippen LogP contribution in [0.15, 0.2) is 21.5 Å². The molecule has 0 aliphatic carbocycles.